The summed E-state index contributed by atoms with van der Waals surface area (Å²) < 4.78 is 5.52. The third-order valence-electron chi connectivity index (χ3n) is 11.3. The molecule has 8 rings (SSSR count). The van der Waals surface area contributed by atoms with Crippen molar-refractivity contribution < 1.29 is 9.53 Å². The fourth-order valence-corrected chi connectivity index (χ4v) is 9.00. The zero-order chi connectivity index (χ0) is 35.8. The number of rotatable bonds is 10. The molecule has 0 bridgehead atoms. The smallest absolute Gasteiger partial charge is 0.409 e. The van der Waals surface area contributed by atoms with E-state index in [1.165, 1.54) is 79.1 Å². The first kappa shape index (κ1) is 33.8. The Bertz CT molecular complexity index is 2250. The van der Waals surface area contributed by atoms with Crippen LogP contribution in [0.2, 0.25) is 0 Å². The van der Waals surface area contributed by atoms with Gasteiger partial charge in [-0.05, 0) is 113 Å². The number of carbonyl (C=O) groups is 1. The van der Waals surface area contributed by atoms with Gasteiger partial charge >= 0.3 is 13.0 Å². The van der Waals surface area contributed by atoms with Crippen LogP contribution in [-0.2, 0) is 35.3 Å². The number of aryl methyl sites for hydroxylation is 1. The van der Waals surface area contributed by atoms with Gasteiger partial charge in [-0.3, -0.25) is 4.79 Å². The molecule has 0 saturated heterocycles. The van der Waals surface area contributed by atoms with Gasteiger partial charge in [0.05, 0.1) is 12.5 Å². The van der Waals surface area contributed by atoms with Gasteiger partial charge in [-0.2, -0.15) is 0 Å². The van der Waals surface area contributed by atoms with Gasteiger partial charge < -0.3 is 14.8 Å². The summed E-state index contributed by atoms with van der Waals surface area (Å²) in [5, 5.41) is 6.67. The van der Waals surface area contributed by atoms with E-state index in [0.717, 1.165) is 37.9 Å². The Morgan fingerprint density at radius 1 is 0.808 bits per heavy atom. The molecule has 6 aromatic rings. The number of benzene rings is 6. The number of unbranched alkanes of at least 4 members (excludes halogenated alkanes) is 2. The molecule has 1 N–H and O–H groups in total. The molecule has 1 unspecified atom stereocenters. The SMILES string of the molecule is CCCCCc1c(B2Nc3cccc4cc(C)cc(c34)N2Cc2ccccc2)c(-c2ccccc2)c2c(c1-c1ccccc1)CC(C)(C(=O)OC)C2. The minimum Gasteiger partial charge on any atom is -0.469 e. The number of hydrogen-bond acceptors (Lipinski definition) is 4. The van der Waals surface area contributed by atoms with E-state index in [2.05, 4.69) is 152 Å². The van der Waals surface area contributed by atoms with Crippen molar-refractivity contribution in [1.29, 1.82) is 0 Å². The van der Waals surface area contributed by atoms with Gasteiger partial charge in [-0.15, -0.1) is 0 Å². The van der Waals surface area contributed by atoms with Crippen LogP contribution < -0.4 is 15.5 Å². The maximum absolute atomic E-state index is 13.7. The Hall–Kier alpha value is -5.29. The predicted octanol–water partition coefficient (Wildman–Crippen LogP) is 10.3. The van der Waals surface area contributed by atoms with E-state index in [9.17, 15) is 4.79 Å². The summed E-state index contributed by atoms with van der Waals surface area (Å²) in [7, 11) is 1.53. The molecule has 1 heterocycles. The highest BCUT2D eigenvalue weighted by molar-refractivity contribution is 6.82. The molecule has 52 heavy (non-hydrogen) atoms. The lowest BCUT2D eigenvalue weighted by atomic mass is 9.57. The normalized spacial score (nSPS) is 16.2. The van der Waals surface area contributed by atoms with Crippen LogP contribution in [0.4, 0.5) is 11.4 Å². The van der Waals surface area contributed by atoms with Crippen molar-refractivity contribution >= 4 is 40.6 Å². The third kappa shape index (κ3) is 5.96. The Labute approximate surface area is 309 Å². The summed E-state index contributed by atoms with van der Waals surface area (Å²) in [5.41, 5.74) is 14.5. The summed E-state index contributed by atoms with van der Waals surface area (Å²) in [5.74, 6) is -0.145. The van der Waals surface area contributed by atoms with Gasteiger partial charge in [0.2, 0.25) is 0 Å². The lowest BCUT2D eigenvalue weighted by Crippen LogP contribution is -2.58. The van der Waals surface area contributed by atoms with Crippen molar-refractivity contribution in [3.8, 4) is 22.3 Å². The lowest BCUT2D eigenvalue weighted by molar-refractivity contribution is -0.151. The second kappa shape index (κ2) is 14.0. The average molecular weight is 683 g/mol. The van der Waals surface area contributed by atoms with Crippen LogP contribution in [0.15, 0.2) is 121 Å². The van der Waals surface area contributed by atoms with Gasteiger partial charge in [0.1, 0.15) is 0 Å². The molecular formula is C47H47BN2O2. The van der Waals surface area contributed by atoms with E-state index in [1.54, 1.807) is 0 Å². The van der Waals surface area contributed by atoms with E-state index >= 15 is 0 Å². The van der Waals surface area contributed by atoms with E-state index in [1.807, 2.05) is 0 Å². The summed E-state index contributed by atoms with van der Waals surface area (Å²) in [6, 6.07) is 44.0. The predicted molar refractivity (Wildman–Crippen MR) is 218 cm³/mol. The summed E-state index contributed by atoms with van der Waals surface area (Å²) in [4.78, 5) is 16.3. The van der Waals surface area contributed by atoms with Crippen LogP contribution in [0.1, 0.15) is 60.9 Å². The molecular weight excluding hydrogens is 635 g/mol. The van der Waals surface area contributed by atoms with Crippen molar-refractivity contribution in [1.82, 2.24) is 0 Å². The molecule has 1 atom stereocenters. The first-order valence-corrected chi connectivity index (χ1v) is 18.9. The Balaban J connectivity index is 1.49. The molecule has 0 fully saturated rings. The van der Waals surface area contributed by atoms with Gasteiger partial charge in [0.15, 0.2) is 0 Å². The summed E-state index contributed by atoms with van der Waals surface area (Å²) in [6.07, 6.45) is 5.59. The van der Waals surface area contributed by atoms with Crippen LogP contribution in [-0.4, -0.2) is 20.1 Å². The Morgan fingerprint density at radius 3 is 2.10 bits per heavy atom. The minimum absolute atomic E-state index is 0.145. The zero-order valence-electron chi connectivity index (χ0n) is 30.8. The molecule has 0 aromatic heterocycles. The lowest BCUT2D eigenvalue weighted by Gasteiger charge is -2.40. The van der Waals surface area contributed by atoms with Crippen LogP contribution in [0.3, 0.4) is 0 Å². The quantitative estimate of drug-likeness (QED) is 0.0887. The third-order valence-corrected chi connectivity index (χ3v) is 11.3. The molecule has 4 nitrogen and oxygen atoms in total. The second-order valence-corrected chi connectivity index (χ2v) is 15.0. The number of esters is 1. The molecule has 0 radical (unpaired) electrons. The topological polar surface area (TPSA) is 41.6 Å². The Morgan fingerprint density at radius 2 is 1.44 bits per heavy atom. The number of nitrogens with one attached hydrogen (secondary N) is 1. The van der Waals surface area contributed by atoms with Crippen LogP contribution >= 0.6 is 0 Å². The number of anilines is 2. The second-order valence-electron chi connectivity index (χ2n) is 15.0. The zero-order valence-corrected chi connectivity index (χ0v) is 30.8. The van der Waals surface area contributed by atoms with E-state index in [-0.39, 0.29) is 13.0 Å². The summed E-state index contributed by atoms with van der Waals surface area (Å²) in [6.45, 7) is 7.15. The summed E-state index contributed by atoms with van der Waals surface area (Å²) >= 11 is 0. The highest BCUT2D eigenvalue weighted by atomic mass is 16.5. The fourth-order valence-electron chi connectivity index (χ4n) is 9.00. The van der Waals surface area contributed by atoms with Crippen molar-refractivity contribution in [2.75, 3.05) is 17.1 Å². The number of nitrogens with zero attached hydrogens (tertiary/aromatic N) is 1. The first-order chi connectivity index (χ1) is 25.4. The monoisotopic (exact) mass is 682 g/mol. The molecule has 6 aromatic carbocycles. The van der Waals surface area contributed by atoms with Crippen molar-refractivity contribution in [2.45, 2.75) is 65.8 Å². The van der Waals surface area contributed by atoms with E-state index in [0.29, 0.717) is 12.8 Å². The molecule has 1 aliphatic carbocycles. The van der Waals surface area contributed by atoms with Crippen LogP contribution in [0.5, 0.6) is 0 Å². The largest absolute Gasteiger partial charge is 0.469 e. The van der Waals surface area contributed by atoms with Gasteiger partial charge in [-0.1, -0.05) is 129 Å². The molecule has 1 aliphatic heterocycles. The van der Waals surface area contributed by atoms with Gasteiger partial charge in [0, 0.05) is 23.3 Å². The molecule has 0 spiro atoms. The number of fused-ring (bicyclic) bond motifs is 1. The number of ether oxygens (including phenoxy) is 1. The maximum Gasteiger partial charge on any atom is 0.409 e. The molecule has 5 heteroatoms. The van der Waals surface area contributed by atoms with Gasteiger partial charge in [0.25, 0.3) is 0 Å². The highest BCUT2D eigenvalue weighted by Crippen LogP contribution is 2.49. The molecule has 0 amide bonds. The highest BCUT2D eigenvalue weighted by Gasteiger charge is 2.46. The number of hydrogen-bond donors (Lipinski definition) is 1. The van der Waals surface area contributed by atoms with Crippen LogP contribution in [0, 0.1) is 12.3 Å². The van der Waals surface area contributed by atoms with Gasteiger partial charge in [-0.25, -0.2) is 0 Å². The van der Waals surface area contributed by atoms with Crippen molar-refractivity contribution in [3.05, 3.63) is 149 Å². The van der Waals surface area contributed by atoms with Crippen molar-refractivity contribution in [2.24, 2.45) is 5.41 Å². The van der Waals surface area contributed by atoms with Crippen LogP contribution in [0.25, 0.3) is 33.0 Å². The number of methoxy groups -OCH3 is 1. The Kier molecular flexibility index (Phi) is 9.13. The molecule has 2 aliphatic rings. The average Bonchev–Trinajstić information content (AvgIpc) is 3.53. The fraction of sp³-hybridized carbons (Fsp3) is 0.255. The first-order valence-electron chi connectivity index (χ1n) is 18.9. The maximum atomic E-state index is 13.7. The number of carbonyl (C=O) groups excluding carboxylic acids is 1. The molecule has 260 valence electrons. The van der Waals surface area contributed by atoms with Crippen molar-refractivity contribution in [3.63, 3.8) is 0 Å². The minimum atomic E-state index is -0.664. The van der Waals surface area contributed by atoms with E-state index in [4.69, 9.17) is 4.74 Å². The van der Waals surface area contributed by atoms with E-state index < -0.39 is 5.41 Å². The molecule has 0 saturated carbocycles. The standard InChI is InChI=1S/C47H47BN2O2/c1-5-6-10-25-37-42(34-20-13-8-14-21-34)38-29-47(3,46(51)52-4)30-39(38)43(35-22-15-9-16-23-35)45(37)48-49-40-26-17-24-36-27-32(2)28-41(44(36)40)50(48)31-33-18-11-7-12-19-33/h7-9,11-24,26-28,49H,5-6,10,25,29-31H2,1-4H3.